The van der Waals surface area contributed by atoms with Gasteiger partial charge in [-0.2, -0.15) is 0 Å². The quantitative estimate of drug-likeness (QED) is 0.325. The monoisotopic (exact) mass is 351 g/mol. The lowest BCUT2D eigenvalue weighted by atomic mass is 10.1. The highest BCUT2D eigenvalue weighted by molar-refractivity contribution is 5.17. The van der Waals surface area contributed by atoms with Crippen molar-refractivity contribution in [3.63, 3.8) is 0 Å². The van der Waals surface area contributed by atoms with Crippen LogP contribution >= 0.6 is 0 Å². The predicted molar refractivity (Wildman–Crippen MR) is 114 cm³/mol. The maximum atomic E-state index is 2.60. The fourth-order valence-electron chi connectivity index (χ4n) is 3.54. The highest BCUT2D eigenvalue weighted by atomic mass is 15.1. The number of nitrogens with zero attached hydrogens (tertiary/aromatic N) is 1. The molecule has 0 heterocycles. The topological polar surface area (TPSA) is 3.24 Å². The minimum Gasteiger partial charge on any atom is -0.295 e. The summed E-state index contributed by atoms with van der Waals surface area (Å²) < 4.78 is 0. The van der Waals surface area contributed by atoms with Gasteiger partial charge >= 0.3 is 0 Å². The maximum Gasteiger partial charge on any atom is 0.0237 e. The second kappa shape index (κ2) is 13.6. The molecule has 0 spiro atoms. The molecule has 0 radical (unpaired) electrons. The number of benzene rings is 2. The van der Waals surface area contributed by atoms with E-state index in [0.29, 0.717) is 0 Å². The van der Waals surface area contributed by atoms with E-state index in [-0.39, 0.29) is 0 Å². The van der Waals surface area contributed by atoms with Crippen LogP contribution in [0.4, 0.5) is 0 Å². The Morgan fingerprint density at radius 2 is 0.962 bits per heavy atom. The van der Waals surface area contributed by atoms with Crippen molar-refractivity contribution in [3.05, 3.63) is 71.8 Å². The van der Waals surface area contributed by atoms with Crippen LogP contribution < -0.4 is 0 Å². The first-order chi connectivity index (χ1) is 12.9. The Bertz CT molecular complexity index is 507. The molecular formula is C25H37N. The fraction of sp³-hybridized carbons (Fsp3) is 0.520. The first-order valence-corrected chi connectivity index (χ1v) is 10.7. The van der Waals surface area contributed by atoms with Crippen LogP contribution in [0.25, 0.3) is 0 Å². The van der Waals surface area contributed by atoms with Gasteiger partial charge in [0.1, 0.15) is 0 Å². The summed E-state index contributed by atoms with van der Waals surface area (Å²) in [6.45, 7) is 5.58. The molecule has 0 aromatic heterocycles. The lowest BCUT2D eigenvalue weighted by Gasteiger charge is -2.22. The van der Waals surface area contributed by atoms with Gasteiger partial charge in [-0.15, -0.1) is 0 Å². The van der Waals surface area contributed by atoms with Gasteiger partial charge in [0, 0.05) is 13.1 Å². The Morgan fingerprint density at radius 1 is 0.538 bits per heavy atom. The molecule has 0 amide bonds. The van der Waals surface area contributed by atoms with Crippen LogP contribution in [0.2, 0.25) is 0 Å². The Labute approximate surface area is 161 Å². The number of unbranched alkanes of at least 4 members (excludes halogenated alkanes) is 8. The summed E-state index contributed by atoms with van der Waals surface area (Å²) in [6.07, 6.45) is 12.5. The Morgan fingerprint density at radius 3 is 1.42 bits per heavy atom. The molecule has 0 unspecified atom stereocenters. The predicted octanol–water partition coefficient (Wildman–Crippen LogP) is 7.22. The van der Waals surface area contributed by atoms with E-state index in [1.54, 1.807) is 0 Å². The van der Waals surface area contributed by atoms with Gasteiger partial charge in [-0.1, -0.05) is 119 Å². The van der Waals surface area contributed by atoms with Crippen LogP contribution in [0.3, 0.4) is 0 Å². The largest absolute Gasteiger partial charge is 0.295 e. The molecule has 0 saturated heterocycles. The molecule has 2 aromatic rings. The van der Waals surface area contributed by atoms with Crippen molar-refractivity contribution in [2.75, 3.05) is 6.54 Å². The van der Waals surface area contributed by atoms with Crippen molar-refractivity contribution in [2.24, 2.45) is 0 Å². The fourth-order valence-corrected chi connectivity index (χ4v) is 3.54. The van der Waals surface area contributed by atoms with Gasteiger partial charge in [-0.25, -0.2) is 0 Å². The highest BCUT2D eigenvalue weighted by Crippen LogP contribution is 2.13. The molecule has 0 fully saturated rings. The zero-order valence-corrected chi connectivity index (χ0v) is 16.7. The van der Waals surface area contributed by atoms with Crippen LogP contribution in [0.15, 0.2) is 60.7 Å². The van der Waals surface area contributed by atoms with Gasteiger partial charge < -0.3 is 0 Å². The lowest BCUT2D eigenvalue weighted by molar-refractivity contribution is 0.250. The van der Waals surface area contributed by atoms with Crippen LogP contribution in [0, 0.1) is 0 Å². The molecule has 0 aliphatic rings. The minimum atomic E-state index is 1.05. The van der Waals surface area contributed by atoms with Crippen LogP contribution in [0.1, 0.15) is 75.8 Å². The standard InChI is InChI=1S/C25H37N/c1-2-3-4-5-6-7-8-9-16-21-26(22-24-17-12-10-13-18-24)23-25-19-14-11-15-20-25/h10-15,17-20H,2-9,16,21-23H2,1H3. The van der Waals surface area contributed by atoms with Crippen molar-refractivity contribution >= 4 is 0 Å². The lowest BCUT2D eigenvalue weighted by Crippen LogP contribution is -2.24. The van der Waals surface area contributed by atoms with E-state index in [1.165, 1.54) is 75.5 Å². The second-order valence-electron chi connectivity index (χ2n) is 7.51. The number of hydrogen-bond acceptors (Lipinski definition) is 1. The molecule has 0 atom stereocenters. The second-order valence-corrected chi connectivity index (χ2v) is 7.51. The summed E-state index contributed by atoms with van der Waals surface area (Å²) in [5.74, 6) is 0. The van der Waals surface area contributed by atoms with Gasteiger partial charge in [-0.3, -0.25) is 4.90 Å². The van der Waals surface area contributed by atoms with Crippen molar-refractivity contribution in [3.8, 4) is 0 Å². The summed E-state index contributed by atoms with van der Waals surface area (Å²) in [5, 5.41) is 0. The van der Waals surface area contributed by atoms with Gasteiger partial charge in [0.15, 0.2) is 0 Å². The third-order valence-electron chi connectivity index (χ3n) is 5.08. The zero-order chi connectivity index (χ0) is 18.3. The molecule has 2 aromatic carbocycles. The smallest absolute Gasteiger partial charge is 0.0237 e. The molecule has 1 nitrogen and oxygen atoms in total. The first kappa shape index (κ1) is 20.7. The van der Waals surface area contributed by atoms with Gasteiger partial charge in [0.25, 0.3) is 0 Å². The summed E-state index contributed by atoms with van der Waals surface area (Å²) in [6, 6.07) is 21.8. The average molecular weight is 352 g/mol. The molecule has 0 N–H and O–H groups in total. The zero-order valence-electron chi connectivity index (χ0n) is 16.7. The van der Waals surface area contributed by atoms with Crippen molar-refractivity contribution in [1.29, 1.82) is 0 Å². The normalized spacial score (nSPS) is 11.2. The molecule has 1 heteroatoms. The Hall–Kier alpha value is -1.60. The third-order valence-corrected chi connectivity index (χ3v) is 5.08. The van der Waals surface area contributed by atoms with E-state index in [9.17, 15) is 0 Å². The van der Waals surface area contributed by atoms with Crippen molar-refractivity contribution < 1.29 is 0 Å². The average Bonchev–Trinajstić information content (AvgIpc) is 2.68. The summed E-state index contributed by atoms with van der Waals surface area (Å²) in [5.41, 5.74) is 2.83. The van der Waals surface area contributed by atoms with E-state index in [4.69, 9.17) is 0 Å². The minimum absolute atomic E-state index is 1.05. The van der Waals surface area contributed by atoms with Crippen molar-refractivity contribution in [2.45, 2.75) is 77.8 Å². The van der Waals surface area contributed by atoms with Crippen LogP contribution in [0.5, 0.6) is 0 Å². The summed E-state index contributed by atoms with van der Waals surface area (Å²) >= 11 is 0. The van der Waals surface area contributed by atoms with Crippen LogP contribution in [-0.4, -0.2) is 11.4 Å². The molecule has 0 bridgehead atoms. The Balaban J connectivity index is 1.70. The van der Waals surface area contributed by atoms with E-state index < -0.39 is 0 Å². The molecule has 0 aliphatic carbocycles. The number of rotatable bonds is 14. The third kappa shape index (κ3) is 9.20. The van der Waals surface area contributed by atoms with Crippen LogP contribution in [-0.2, 0) is 13.1 Å². The molecule has 2 rings (SSSR count). The van der Waals surface area contributed by atoms with Gasteiger partial charge in [0.2, 0.25) is 0 Å². The molecule has 0 saturated carbocycles. The SMILES string of the molecule is CCCCCCCCCCCN(Cc1ccccc1)Cc1ccccc1. The molecule has 0 aliphatic heterocycles. The number of hydrogen-bond donors (Lipinski definition) is 0. The first-order valence-electron chi connectivity index (χ1n) is 10.7. The molecular weight excluding hydrogens is 314 g/mol. The van der Waals surface area contributed by atoms with Crippen molar-refractivity contribution in [1.82, 2.24) is 4.90 Å². The van der Waals surface area contributed by atoms with Gasteiger partial charge in [-0.05, 0) is 24.1 Å². The van der Waals surface area contributed by atoms with Gasteiger partial charge in [0.05, 0.1) is 0 Å². The summed E-state index contributed by atoms with van der Waals surface area (Å²) in [7, 11) is 0. The van der Waals surface area contributed by atoms with E-state index >= 15 is 0 Å². The van der Waals surface area contributed by atoms with E-state index in [2.05, 4.69) is 72.5 Å². The molecule has 26 heavy (non-hydrogen) atoms. The maximum absolute atomic E-state index is 2.60. The highest BCUT2D eigenvalue weighted by Gasteiger charge is 2.07. The summed E-state index contributed by atoms with van der Waals surface area (Å²) in [4.78, 5) is 2.60. The van der Waals surface area contributed by atoms with E-state index in [1.807, 2.05) is 0 Å². The van der Waals surface area contributed by atoms with E-state index in [0.717, 1.165) is 13.1 Å². The Kier molecular flexibility index (Phi) is 10.8. The molecule has 142 valence electrons.